The summed E-state index contributed by atoms with van der Waals surface area (Å²) in [6, 6.07) is 13.2. The van der Waals surface area contributed by atoms with Gasteiger partial charge in [0.05, 0.1) is 5.92 Å². The average molecular weight is 584 g/mol. The Morgan fingerprint density at radius 1 is 1.07 bits per heavy atom. The highest BCUT2D eigenvalue weighted by molar-refractivity contribution is 5.84. The third-order valence-corrected chi connectivity index (χ3v) is 6.13. The van der Waals surface area contributed by atoms with Gasteiger partial charge >= 0.3 is 18.0 Å². The van der Waals surface area contributed by atoms with Crippen LogP contribution in [-0.4, -0.2) is 74.8 Å². The number of fused-ring (bicyclic) bond motifs is 1. The molecule has 3 rings (SSSR count). The lowest BCUT2D eigenvalue weighted by Gasteiger charge is -2.19. The molecule has 0 unspecified atom stereocenters. The van der Waals surface area contributed by atoms with E-state index in [9.17, 15) is 19.2 Å². The van der Waals surface area contributed by atoms with E-state index < -0.39 is 29.6 Å². The number of pyridine rings is 1. The van der Waals surface area contributed by atoms with Gasteiger partial charge in [0.1, 0.15) is 18.0 Å². The summed E-state index contributed by atoms with van der Waals surface area (Å²) in [6.07, 6.45) is 3.98. The van der Waals surface area contributed by atoms with E-state index in [0.29, 0.717) is 25.1 Å². The van der Waals surface area contributed by atoms with Crippen LogP contribution in [0.4, 0.5) is 10.6 Å². The van der Waals surface area contributed by atoms with Crippen LogP contribution in [0.15, 0.2) is 48.7 Å². The van der Waals surface area contributed by atoms with Crippen LogP contribution in [0.25, 0.3) is 10.9 Å². The number of carbonyl (C=O) groups excluding carboxylic acids is 2. The number of amides is 2. The number of likely N-dealkylation sites (N-methyl/N-ethyl adjacent to an activating group) is 1. The first-order valence-electron chi connectivity index (χ1n) is 13.7. The van der Waals surface area contributed by atoms with Crippen molar-refractivity contribution in [1.82, 2.24) is 14.9 Å². The van der Waals surface area contributed by atoms with E-state index in [4.69, 9.17) is 20.7 Å². The van der Waals surface area contributed by atoms with Crippen LogP contribution in [0.2, 0.25) is 0 Å². The topological polar surface area (TPSA) is 188 Å². The number of carbonyl (C=O) groups is 4. The molecule has 0 fully saturated rings. The first-order chi connectivity index (χ1) is 19.8. The molecule has 0 saturated heterocycles. The summed E-state index contributed by atoms with van der Waals surface area (Å²) in [7, 11) is 1.46. The van der Waals surface area contributed by atoms with Gasteiger partial charge in [-0.1, -0.05) is 24.3 Å². The Kier molecular flexibility index (Phi) is 12.9. The number of aromatic nitrogens is 2. The average Bonchev–Trinajstić information content (AvgIpc) is 3.31. The third-order valence-electron chi connectivity index (χ3n) is 6.13. The van der Waals surface area contributed by atoms with Gasteiger partial charge in [0.2, 0.25) is 5.91 Å². The first kappa shape index (κ1) is 33.8. The Morgan fingerprint density at radius 2 is 1.79 bits per heavy atom. The molecule has 0 aliphatic carbocycles. The van der Waals surface area contributed by atoms with Crippen LogP contribution >= 0.6 is 0 Å². The molecule has 3 aromatic rings. The molecule has 12 nitrogen and oxygen atoms in total. The van der Waals surface area contributed by atoms with Gasteiger partial charge in [-0.15, -0.1) is 0 Å². The minimum absolute atomic E-state index is 0.192. The number of nitrogens with one attached hydrogen (secondary N) is 2. The highest BCUT2D eigenvalue weighted by Crippen LogP contribution is 2.20. The lowest BCUT2D eigenvalue weighted by Crippen LogP contribution is -2.31. The number of anilines is 1. The van der Waals surface area contributed by atoms with Gasteiger partial charge in [0, 0.05) is 42.8 Å². The van der Waals surface area contributed by atoms with E-state index in [1.807, 2.05) is 30.5 Å². The van der Waals surface area contributed by atoms with Gasteiger partial charge < -0.3 is 30.6 Å². The van der Waals surface area contributed by atoms with Crippen molar-refractivity contribution in [3.05, 3.63) is 59.9 Å². The zero-order chi connectivity index (χ0) is 31.3. The number of carboxylic acid groups (broad SMARTS) is 2. The SMILES string of the molecule is CN(CC(=O)O)C(=O)CCCc1cccc(NC(=O)OC(C)(C)C)n1.NC[C@@H](CCc1c[nH]c2ccccc12)C(=O)O. The molecule has 0 spiro atoms. The van der Waals surface area contributed by atoms with Crippen molar-refractivity contribution in [2.75, 3.05) is 25.5 Å². The molecule has 228 valence electrons. The van der Waals surface area contributed by atoms with Crippen LogP contribution in [-0.2, 0) is 32.0 Å². The second-order valence-corrected chi connectivity index (χ2v) is 10.8. The number of H-pyrrole nitrogens is 1. The van der Waals surface area contributed by atoms with Crippen LogP contribution in [0.1, 0.15) is 51.3 Å². The van der Waals surface area contributed by atoms with Crippen LogP contribution < -0.4 is 11.1 Å². The van der Waals surface area contributed by atoms with Crippen molar-refractivity contribution >= 4 is 40.7 Å². The van der Waals surface area contributed by atoms with Gasteiger partial charge in [0.15, 0.2) is 0 Å². The number of aromatic amines is 1. The fourth-order valence-electron chi connectivity index (χ4n) is 4.01. The van der Waals surface area contributed by atoms with Crippen molar-refractivity contribution in [2.24, 2.45) is 11.7 Å². The second-order valence-electron chi connectivity index (χ2n) is 10.8. The van der Waals surface area contributed by atoms with Crippen molar-refractivity contribution in [3.63, 3.8) is 0 Å². The predicted octanol–water partition coefficient (Wildman–Crippen LogP) is 4.05. The highest BCUT2D eigenvalue weighted by atomic mass is 16.6. The van der Waals surface area contributed by atoms with E-state index in [2.05, 4.69) is 15.3 Å². The van der Waals surface area contributed by atoms with Crippen molar-refractivity contribution < 1.29 is 34.1 Å². The summed E-state index contributed by atoms with van der Waals surface area (Å²) in [5, 5.41) is 21.3. The number of aryl methyl sites for hydroxylation is 2. The van der Waals surface area contributed by atoms with Gasteiger partial charge in [-0.05, 0) is 70.2 Å². The third kappa shape index (κ3) is 12.0. The van der Waals surface area contributed by atoms with Crippen molar-refractivity contribution in [3.8, 4) is 0 Å². The lowest BCUT2D eigenvalue weighted by atomic mass is 9.99. The summed E-state index contributed by atoms with van der Waals surface area (Å²) >= 11 is 0. The lowest BCUT2D eigenvalue weighted by molar-refractivity contribution is -0.143. The molecule has 2 heterocycles. The van der Waals surface area contributed by atoms with Gasteiger partial charge in [-0.25, -0.2) is 9.78 Å². The number of hydrogen-bond donors (Lipinski definition) is 5. The van der Waals surface area contributed by atoms with Crippen molar-refractivity contribution in [1.29, 1.82) is 0 Å². The quantitative estimate of drug-likeness (QED) is 0.209. The Bertz CT molecular complexity index is 1350. The second kappa shape index (κ2) is 16.1. The summed E-state index contributed by atoms with van der Waals surface area (Å²) < 4.78 is 5.16. The first-order valence-corrected chi connectivity index (χ1v) is 13.7. The maximum Gasteiger partial charge on any atom is 0.413 e. The molecule has 2 amide bonds. The molecule has 12 heteroatoms. The summed E-state index contributed by atoms with van der Waals surface area (Å²) in [6.45, 7) is 5.20. The number of nitrogens with two attached hydrogens (primary N) is 1. The van der Waals surface area contributed by atoms with Crippen LogP contribution in [0, 0.1) is 5.92 Å². The smallest absolute Gasteiger partial charge is 0.413 e. The Balaban J connectivity index is 0.000000314. The number of aliphatic carboxylic acids is 2. The van der Waals surface area contributed by atoms with Crippen LogP contribution in [0.3, 0.4) is 0 Å². The van der Waals surface area contributed by atoms with E-state index in [1.54, 1.807) is 39.0 Å². The number of hydrogen-bond acceptors (Lipinski definition) is 7. The Hall–Kier alpha value is -4.45. The van der Waals surface area contributed by atoms with Crippen LogP contribution in [0.5, 0.6) is 0 Å². The molecule has 0 aliphatic heterocycles. The molecule has 2 aromatic heterocycles. The normalized spacial score (nSPS) is 11.6. The summed E-state index contributed by atoms with van der Waals surface area (Å²) in [5.74, 6) is -2.17. The minimum atomic E-state index is -1.04. The maximum absolute atomic E-state index is 11.8. The van der Waals surface area contributed by atoms with E-state index >= 15 is 0 Å². The largest absolute Gasteiger partial charge is 0.481 e. The summed E-state index contributed by atoms with van der Waals surface area (Å²) in [5.41, 5.74) is 7.81. The maximum atomic E-state index is 11.8. The standard InChI is InChI=1S/C17H25N3O5.C13H16N2O2/c1-17(2,3)25-16(24)19-13-9-5-7-12(18-13)8-6-10-14(21)20(4)11-15(22)23;14-7-9(13(16)17)5-6-10-8-15-12-4-2-1-3-11(10)12/h5,7,9H,6,8,10-11H2,1-4H3,(H,22,23)(H,18,19,24);1-4,8-9,15H,5-7,14H2,(H,16,17)/t;9-/m.1/s1. The van der Waals surface area contributed by atoms with E-state index in [-0.39, 0.29) is 25.4 Å². The Morgan fingerprint density at radius 3 is 2.43 bits per heavy atom. The van der Waals surface area contributed by atoms with Gasteiger partial charge in [-0.2, -0.15) is 0 Å². The fourth-order valence-corrected chi connectivity index (χ4v) is 4.01. The van der Waals surface area contributed by atoms with E-state index in [1.165, 1.54) is 11.9 Å². The molecule has 42 heavy (non-hydrogen) atoms. The number of ether oxygens (including phenoxy) is 1. The molecule has 0 saturated carbocycles. The zero-order valence-electron chi connectivity index (χ0n) is 24.6. The molecule has 6 N–H and O–H groups in total. The molecule has 1 atom stereocenters. The molecular weight excluding hydrogens is 542 g/mol. The number of nitrogens with zero attached hydrogens (tertiary/aromatic N) is 2. The van der Waals surface area contributed by atoms with Crippen molar-refractivity contribution in [2.45, 2.75) is 58.5 Å². The Labute approximate surface area is 245 Å². The fraction of sp³-hybridized carbons (Fsp3) is 0.433. The molecule has 0 aliphatic rings. The number of benzene rings is 1. The minimum Gasteiger partial charge on any atom is -0.481 e. The molecule has 1 aromatic carbocycles. The van der Waals surface area contributed by atoms with Gasteiger partial charge in [-0.3, -0.25) is 19.7 Å². The summed E-state index contributed by atoms with van der Waals surface area (Å²) in [4.78, 5) is 53.6. The number of rotatable bonds is 12. The number of para-hydroxylation sites is 1. The molecule has 0 bridgehead atoms. The number of carboxylic acids is 2. The molecular formula is C30H41N5O7. The molecule has 0 radical (unpaired) electrons. The van der Waals surface area contributed by atoms with Gasteiger partial charge in [0.25, 0.3) is 0 Å². The predicted molar refractivity (Wildman–Crippen MR) is 159 cm³/mol. The highest BCUT2D eigenvalue weighted by Gasteiger charge is 2.17. The monoisotopic (exact) mass is 583 g/mol. The zero-order valence-corrected chi connectivity index (χ0v) is 24.6. The van der Waals surface area contributed by atoms with E-state index in [0.717, 1.165) is 28.6 Å².